The molecule has 2 aromatic heterocycles. The maximum Gasteiger partial charge on any atom is 0.296 e. The number of alkyl halides is 2. The molecule has 1 saturated carbocycles. The van der Waals surface area contributed by atoms with Gasteiger partial charge in [0.05, 0.1) is 28.7 Å². The van der Waals surface area contributed by atoms with Crippen LogP contribution in [0.4, 0.5) is 8.78 Å². The molecule has 1 aliphatic carbocycles. The maximum atomic E-state index is 13.3. The van der Waals surface area contributed by atoms with E-state index in [0.29, 0.717) is 17.3 Å². The van der Waals surface area contributed by atoms with Crippen molar-refractivity contribution >= 4 is 34.6 Å². The average Bonchev–Trinajstić information content (AvgIpc) is 3.40. The molecule has 29 heavy (non-hydrogen) atoms. The van der Waals surface area contributed by atoms with Crippen molar-refractivity contribution in [3.63, 3.8) is 0 Å². The molecule has 0 unspecified atom stereocenters. The highest BCUT2D eigenvalue weighted by atomic mass is 32.2. The number of hydrogen-bond donors (Lipinski definition) is 0. The van der Waals surface area contributed by atoms with Crippen LogP contribution >= 0.6 is 23.5 Å². The minimum atomic E-state index is -2.89. The summed E-state index contributed by atoms with van der Waals surface area (Å²) in [4.78, 5) is 9.97. The number of hydrogen-bond acceptors (Lipinski definition) is 5. The molecule has 0 radical (unpaired) electrons. The van der Waals surface area contributed by atoms with Crippen LogP contribution in [0.2, 0.25) is 0 Å². The SMILES string of the molecule is CCSc1cc(C2(C#N)CC2)ccc1-c1nc2cc(SC(C)(F)F)ncc2n1C. The Labute approximate surface area is 176 Å². The number of benzene rings is 1. The third kappa shape index (κ3) is 3.86. The van der Waals surface area contributed by atoms with Crippen LogP contribution in [0.5, 0.6) is 0 Å². The first-order chi connectivity index (χ1) is 13.8. The van der Waals surface area contributed by atoms with E-state index < -0.39 is 5.25 Å². The van der Waals surface area contributed by atoms with Gasteiger partial charge in [0, 0.05) is 24.4 Å². The van der Waals surface area contributed by atoms with E-state index in [9.17, 15) is 14.0 Å². The van der Waals surface area contributed by atoms with Gasteiger partial charge < -0.3 is 4.57 Å². The molecule has 1 aliphatic rings. The lowest BCUT2D eigenvalue weighted by Gasteiger charge is -2.13. The third-order valence-electron chi connectivity index (χ3n) is 5.06. The summed E-state index contributed by atoms with van der Waals surface area (Å²) in [7, 11) is 1.90. The zero-order chi connectivity index (χ0) is 20.8. The topological polar surface area (TPSA) is 54.5 Å². The van der Waals surface area contributed by atoms with Crippen LogP contribution in [0, 0.1) is 11.3 Å². The van der Waals surface area contributed by atoms with Gasteiger partial charge in [-0.1, -0.05) is 13.0 Å². The molecule has 3 aromatic rings. The number of aryl methyl sites for hydroxylation is 1. The van der Waals surface area contributed by atoms with Gasteiger partial charge in [-0.05, 0) is 54.1 Å². The second kappa shape index (κ2) is 7.29. The van der Waals surface area contributed by atoms with Crippen LogP contribution in [0.15, 0.2) is 40.4 Å². The second-order valence-corrected chi connectivity index (χ2v) is 9.90. The molecule has 0 spiro atoms. The van der Waals surface area contributed by atoms with Gasteiger partial charge in [0.1, 0.15) is 10.9 Å². The summed E-state index contributed by atoms with van der Waals surface area (Å²) in [6, 6.07) is 10.2. The normalized spacial score (nSPS) is 15.4. The van der Waals surface area contributed by atoms with Crippen molar-refractivity contribution in [1.29, 1.82) is 5.26 Å². The van der Waals surface area contributed by atoms with E-state index in [1.807, 2.05) is 23.7 Å². The van der Waals surface area contributed by atoms with E-state index in [4.69, 9.17) is 4.98 Å². The van der Waals surface area contributed by atoms with Crippen LogP contribution in [-0.4, -0.2) is 25.5 Å². The van der Waals surface area contributed by atoms with Gasteiger partial charge in [-0.15, -0.1) is 11.8 Å². The predicted molar refractivity (Wildman–Crippen MR) is 113 cm³/mol. The number of thioether (sulfide) groups is 2. The van der Waals surface area contributed by atoms with E-state index in [-0.39, 0.29) is 10.4 Å². The first-order valence-corrected chi connectivity index (χ1v) is 11.1. The summed E-state index contributed by atoms with van der Waals surface area (Å²) in [5, 5.41) is 6.89. The standard InChI is InChI=1S/C21H20F2N4S2/c1-4-28-17-9-13(21(12-24)7-8-21)5-6-14(17)19-26-15-10-18(29-20(2,22)23)25-11-16(15)27(19)3/h5-6,9-11H,4,7-8H2,1-3H3. The quantitative estimate of drug-likeness (QED) is 0.449. The minimum Gasteiger partial charge on any atom is -0.326 e. The summed E-state index contributed by atoms with van der Waals surface area (Å²) in [6.45, 7) is 2.95. The summed E-state index contributed by atoms with van der Waals surface area (Å²) >= 11 is 2.14. The molecule has 1 fully saturated rings. The lowest BCUT2D eigenvalue weighted by molar-refractivity contribution is 0.129. The molecule has 4 rings (SSSR count). The average molecular weight is 431 g/mol. The Morgan fingerprint density at radius 2 is 2.07 bits per heavy atom. The first kappa shape index (κ1) is 20.2. The van der Waals surface area contributed by atoms with Gasteiger partial charge >= 0.3 is 0 Å². The van der Waals surface area contributed by atoms with Crippen LogP contribution in [0.3, 0.4) is 0 Å². The van der Waals surface area contributed by atoms with Gasteiger partial charge in [-0.2, -0.15) is 14.0 Å². The molecule has 0 aliphatic heterocycles. The Morgan fingerprint density at radius 3 is 2.69 bits per heavy atom. The molecule has 4 nitrogen and oxygen atoms in total. The van der Waals surface area contributed by atoms with Crippen molar-refractivity contribution in [2.75, 3.05) is 5.75 Å². The van der Waals surface area contributed by atoms with E-state index in [1.165, 1.54) is 0 Å². The van der Waals surface area contributed by atoms with Crippen molar-refractivity contribution in [2.45, 2.75) is 47.3 Å². The number of fused-ring (bicyclic) bond motifs is 1. The number of aromatic nitrogens is 3. The molecular weight excluding hydrogens is 410 g/mol. The van der Waals surface area contributed by atoms with Crippen LogP contribution in [-0.2, 0) is 12.5 Å². The summed E-state index contributed by atoms with van der Waals surface area (Å²) in [6.07, 6.45) is 3.40. The molecule has 8 heteroatoms. The fourth-order valence-electron chi connectivity index (χ4n) is 3.42. The molecule has 0 N–H and O–H groups in total. The lowest BCUT2D eigenvalue weighted by Crippen LogP contribution is -2.03. The minimum absolute atomic E-state index is 0.248. The van der Waals surface area contributed by atoms with Crippen LogP contribution in [0.25, 0.3) is 22.4 Å². The summed E-state index contributed by atoms with van der Waals surface area (Å²) in [5.41, 5.74) is 3.12. The van der Waals surface area contributed by atoms with E-state index in [0.717, 1.165) is 52.9 Å². The van der Waals surface area contributed by atoms with Crippen LogP contribution in [0.1, 0.15) is 32.3 Å². The molecule has 0 bridgehead atoms. The largest absolute Gasteiger partial charge is 0.326 e. The molecule has 1 aromatic carbocycles. The third-order valence-corrected chi connectivity index (χ3v) is 6.79. The zero-order valence-corrected chi connectivity index (χ0v) is 18.0. The predicted octanol–water partition coefficient (Wildman–Crippen LogP) is 6.01. The van der Waals surface area contributed by atoms with Crippen LogP contribution < -0.4 is 0 Å². The number of imidazole rings is 1. The second-order valence-electron chi connectivity index (χ2n) is 7.25. The fraction of sp³-hybridized carbons (Fsp3) is 0.381. The van der Waals surface area contributed by atoms with E-state index in [1.54, 1.807) is 24.0 Å². The molecule has 2 heterocycles. The smallest absolute Gasteiger partial charge is 0.296 e. The highest BCUT2D eigenvalue weighted by Gasteiger charge is 2.45. The number of rotatable bonds is 6. The monoisotopic (exact) mass is 430 g/mol. The van der Waals surface area contributed by atoms with Gasteiger partial charge in [0.2, 0.25) is 0 Å². The summed E-state index contributed by atoms with van der Waals surface area (Å²) in [5.74, 6) is 1.66. The number of nitriles is 1. The number of halogens is 2. The van der Waals surface area contributed by atoms with Crippen molar-refractivity contribution in [2.24, 2.45) is 7.05 Å². The van der Waals surface area contributed by atoms with E-state index in [2.05, 4.69) is 24.0 Å². The molecular formula is C21H20F2N4S2. The van der Waals surface area contributed by atoms with Gasteiger partial charge in [0.25, 0.3) is 5.25 Å². The molecule has 0 amide bonds. The molecule has 0 saturated heterocycles. The maximum absolute atomic E-state index is 13.3. The lowest BCUT2D eigenvalue weighted by atomic mass is 9.96. The Morgan fingerprint density at radius 1 is 1.31 bits per heavy atom. The van der Waals surface area contributed by atoms with E-state index >= 15 is 0 Å². The Kier molecular flexibility index (Phi) is 5.07. The van der Waals surface area contributed by atoms with Gasteiger partial charge in [0.15, 0.2) is 0 Å². The van der Waals surface area contributed by atoms with Gasteiger partial charge in [-0.3, -0.25) is 0 Å². The number of nitrogens with zero attached hydrogens (tertiary/aromatic N) is 4. The highest BCUT2D eigenvalue weighted by molar-refractivity contribution is 8.00. The Hall–Kier alpha value is -2.11. The Bertz CT molecular complexity index is 1120. The fourth-order valence-corrected chi connectivity index (χ4v) is 4.90. The molecule has 150 valence electrons. The Balaban J connectivity index is 1.79. The van der Waals surface area contributed by atoms with Crippen molar-refractivity contribution in [3.8, 4) is 17.5 Å². The van der Waals surface area contributed by atoms with Crippen molar-refractivity contribution in [3.05, 3.63) is 36.0 Å². The zero-order valence-electron chi connectivity index (χ0n) is 16.4. The van der Waals surface area contributed by atoms with Crippen molar-refractivity contribution < 1.29 is 8.78 Å². The first-order valence-electron chi connectivity index (χ1n) is 9.34. The summed E-state index contributed by atoms with van der Waals surface area (Å²) < 4.78 is 28.6. The highest BCUT2D eigenvalue weighted by Crippen LogP contribution is 2.49. The molecule has 0 atom stereocenters. The van der Waals surface area contributed by atoms with Crippen molar-refractivity contribution in [1.82, 2.24) is 14.5 Å². The number of pyridine rings is 1. The van der Waals surface area contributed by atoms with Gasteiger partial charge in [-0.25, -0.2) is 9.97 Å².